The van der Waals surface area contributed by atoms with Crippen LogP contribution in [-0.4, -0.2) is 47.8 Å². The Morgan fingerprint density at radius 3 is 2.54 bits per heavy atom. The lowest BCUT2D eigenvalue weighted by Gasteiger charge is -2.31. The SMILES string of the molecule is CN(C)C1CCC(c2nc(C3(CNC4CC4c4ccccc4)CC3)no2)CC1. The summed E-state index contributed by atoms with van der Waals surface area (Å²) in [5, 5.41) is 8.21. The molecular weight excluding hydrogens is 348 g/mol. The van der Waals surface area contributed by atoms with Crippen LogP contribution < -0.4 is 5.32 Å². The van der Waals surface area contributed by atoms with Crippen LogP contribution in [0.25, 0.3) is 0 Å². The molecule has 2 atom stereocenters. The summed E-state index contributed by atoms with van der Waals surface area (Å²) in [5.74, 6) is 2.95. The Morgan fingerprint density at radius 1 is 1.11 bits per heavy atom. The van der Waals surface area contributed by atoms with Gasteiger partial charge in [-0.1, -0.05) is 35.5 Å². The highest BCUT2D eigenvalue weighted by Crippen LogP contribution is 2.48. The van der Waals surface area contributed by atoms with Gasteiger partial charge >= 0.3 is 0 Å². The Morgan fingerprint density at radius 2 is 1.86 bits per heavy atom. The van der Waals surface area contributed by atoms with Crippen molar-refractivity contribution < 1.29 is 4.52 Å². The third kappa shape index (κ3) is 3.62. The van der Waals surface area contributed by atoms with E-state index < -0.39 is 0 Å². The van der Waals surface area contributed by atoms with Crippen molar-refractivity contribution in [2.45, 2.75) is 74.3 Å². The molecule has 3 saturated carbocycles. The van der Waals surface area contributed by atoms with E-state index in [4.69, 9.17) is 9.51 Å². The first-order valence-electron chi connectivity index (χ1n) is 10.9. The molecule has 2 aromatic rings. The Balaban J connectivity index is 1.16. The second-order valence-electron chi connectivity index (χ2n) is 9.45. The Labute approximate surface area is 167 Å². The van der Waals surface area contributed by atoms with Crippen LogP contribution in [-0.2, 0) is 5.41 Å². The van der Waals surface area contributed by atoms with E-state index in [2.05, 4.69) is 59.8 Å². The molecule has 1 aromatic heterocycles. The molecule has 0 amide bonds. The fraction of sp³-hybridized carbons (Fsp3) is 0.652. The van der Waals surface area contributed by atoms with Crippen LogP contribution in [0.5, 0.6) is 0 Å². The highest BCUT2D eigenvalue weighted by Gasteiger charge is 2.50. The third-order valence-electron chi connectivity index (χ3n) is 7.27. The van der Waals surface area contributed by atoms with Crippen LogP contribution in [0, 0.1) is 0 Å². The van der Waals surface area contributed by atoms with Gasteiger partial charge in [-0.25, -0.2) is 0 Å². The maximum Gasteiger partial charge on any atom is 0.229 e. The number of nitrogens with one attached hydrogen (secondary N) is 1. The third-order valence-corrected chi connectivity index (χ3v) is 7.27. The number of aromatic nitrogens is 2. The first-order chi connectivity index (χ1) is 13.6. The lowest BCUT2D eigenvalue weighted by molar-refractivity contribution is 0.201. The van der Waals surface area contributed by atoms with Gasteiger partial charge < -0.3 is 14.7 Å². The smallest absolute Gasteiger partial charge is 0.229 e. The van der Waals surface area contributed by atoms with Gasteiger partial charge in [0, 0.05) is 35.9 Å². The van der Waals surface area contributed by atoms with Crippen LogP contribution in [0.2, 0.25) is 0 Å². The molecule has 3 aliphatic carbocycles. The van der Waals surface area contributed by atoms with E-state index in [0.717, 1.165) is 31.1 Å². The van der Waals surface area contributed by atoms with Crippen LogP contribution in [0.15, 0.2) is 34.9 Å². The van der Waals surface area contributed by atoms with Crippen molar-refractivity contribution in [2.24, 2.45) is 0 Å². The summed E-state index contributed by atoms with van der Waals surface area (Å²) in [5.41, 5.74) is 1.58. The number of benzene rings is 1. The molecule has 3 fully saturated rings. The molecule has 150 valence electrons. The van der Waals surface area contributed by atoms with E-state index in [1.165, 1.54) is 37.7 Å². The van der Waals surface area contributed by atoms with Crippen molar-refractivity contribution in [1.82, 2.24) is 20.4 Å². The van der Waals surface area contributed by atoms with Gasteiger partial charge in [0.25, 0.3) is 0 Å². The summed E-state index contributed by atoms with van der Waals surface area (Å²) in [4.78, 5) is 7.23. The van der Waals surface area contributed by atoms with E-state index >= 15 is 0 Å². The van der Waals surface area contributed by atoms with Crippen molar-refractivity contribution in [2.75, 3.05) is 20.6 Å². The topological polar surface area (TPSA) is 54.2 Å². The van der Waals surface area contributed by atoms with Gasteiger partial charge in [0.15, 0.2) is 5.82 Å². The van der Waals surface area contributed by atoms with Crippen molar-refractivity contribution in [3.63, 3.8) is 0 Å². The van der Waals surface area contributed by atoms with E-state index in [-0.39, 0.29) is 5.41 Å². The van der Waals surface area contributed by atoms with Crippen LogP contribution in [0.3, 0.4) is 0 Å². The minimum Gasteiger partial charge on any atom is -0.339 e. The van der Waals surface area contributed by atoms with Gasteiger partial charge in [0.1, 0.15) is 0 Å². The number of hydrogen-bond donors (Lipinski definition) is 1. The molecule has 1 aromatic carbocycles. The fourth-order valence-electron chi connectivity index (χ4n) is 4.90. The van der Waals surface area contributed by atoms with E-state index in [1.807, 2.05) is 0 Å². The molecule has 0 spiro atoms. The summed E-state index contributed by atoms with van der Waals surface area (Å²) < 4.78 is 5.74. The van der Waals surface area contributed by atoms with Crippen LogP contribution in [0.1, 0.15) is 74.1 Å². The van der Waals surface area contributed by atoms with E-state index in [1.54, 1.807) is 0 Å². The van der Waals surface area contributed by atoms with Crippen molar-refractivity contribution in [3.05, 3.63) is 47.6 Å². The minimum absolute atomic E-state index is 0.117. The predicted molar refractivity (Wildman–Crippen MR) is 109 cm³/mol. The molecule has 28 heavy (non-hydrogen) atoms. The van der Waals surface area contributed by atoms with Gasteiger partial charge in [-0.3, -0.25) is 0 Å². The lowest BCUT2D eigenvalue weighted by atomic mass is 9.85. The molecule has 0 bridgehead atoms. The van der Waals surface area contributed by atoms with Gasteiger partial charge in [0.05, 0.1) is 0 Å². The zero-order chi connectivity index (χ0) is 19.1. The summed E-state index contributed by atoms with van der Waals surface area (Å²) in [6.07, 6.45) is 8.37. The Hall–Kier alpha value is -1.72. The normalized spacial score (nSPS) is 31.1. The molecule has 1 heterocycles. The minimum atomic E-state index is 0.117. The fourth-order valence-corrected chi connectivity index (χ4v) is 4.90. The Kier molecular flexibility index (Phi) is 4.76. The van der Waals surface area contributed by atoms with Gasteiger partial charge in [-0.2, -0.15) is 4.98 Å². The van der Waals surface area contributed by atoms with Crippen molar-refractivity contribution >= 4 is 0 Å². The molecule has 0 radical (unpaired) electrons. The van der Waals surface area contributed by atoms with E-state index in [0.29, 0.717) is 23.9 Å². The molecule has 1 N–H and O–H groups in total. The second-order valence-corrected chi connectivity index (χ2v) is 9.45. The van der Waals surface area contributed by atoms with Gasteiger partial charge in [-0.15, -0.1) is 0 Å². The van der Waals surface area contributed by atoms with Crippen LogP contribution in [0.4, 0.5) is 0 Å². The average molecular weight is 381 g/mol. The van der Waals surface area contributed by atoms with Crippen molar-refractivity contribution in [3.8, 4) is 0 Å². The zero-order valence-corrected chi connectivity index (χ0v) is 17.1. The molecule has 2 unspecified atom stereocenters. The first kappa shape index (κ1) is 18.3. The summed E-state index contributed by atoms with van der Waals surface area (Å²) in [6, 6.07) is 12.2. The van der Waals surface area contributed by atoms with Crippen LogP contribution >= 0.6 is 0 Å². The summed E-state index contributed by atoms with van der Waals surface area (Å²) in [7, 11) is 4.36. The molecule has 5 heteroatoms. The monoisotopic (exact) mass is 380 g/mol. The molecule has 5 rings (SSSR count). The molecular formula is C23H32N4O. The summed E-state index contributed by atoms with van der Waals surface area (Å²) >= 11 is 0. The second kappa shape index (κ2) is 7.27. The lowest BCUT2D eigenvalue weighted by Crippen LogP contribution is -2.31. The highest BCUT2D eigenvalue weighted by atomic mass is 16.5. The van der Waals surface area contributed by atoms with Gasteiger partial charge in [0.2, 0.25) is 5.89 Å². The first-order valence-corrected chi connectivity index (χ1v) is 10.9. The number of nitrogens with zero attached hydrogens (tertiary/aromatic N) is 3. The summed E-state index contributed by atoms with van der Waals surface area (Å²) in [6.45, 7) is 0.980. The predicted octanol–water partition coefficient (Wildman–Crippen LogP) is 3.83. The maximum atomic E-state index is 5.74. The van der Waals surface area contributed by atoms with E-state index in [9.17, 15) is 0 Å². The molecule has 0 aliphatic heterocycles. The molecule has 5 nitrogen and oxygen atoms in total. The Bertz CT molecular complexity index is 790. The van der Waals surface area contributed by atoms with Crippen molar-refractivity contribution in [1.29, 1.82) is 0 Å². The average Bonchev–Trinajstić information content (AvgIpc) is 3.64. The number of hydrogen-bond acceptors (Lipinski definition) is 5. The number of rotatable bonds is 7. The van der Waals surface area contributed by atoms with Gasteiger partial charge in [-0.05, 0) is 64.6 Å². The largest absolute Gasteiger partial charge is 0.339 e. The maximum absolute atomic E-state index is 5.74. The molecule has 3 aliphatic rings. The zero-order valence-electron chi connectivity index (χ0n) is 17.1. The highest BCUT2D eigenvalue weighted by molar-refractivity contribution is 5.28. The molecule has 0 saturated heterocycles. The standard InChI is InChI=1S/C23H32N4O/c1-27(2)18-10-8-17(9-11-18)21-25-22(26-28-21)23(12-13-23)15-24-20-14-19(20)16-6-4-3-5-7-16/h3-7,17-20,24H,8-15H2,1-2H3. The quantitative estimate of drug-likeness (QED) is 0.791.